The number of rotatable bonds is 1. The number of aryl methyl sites for hydroxylation is 2. The first-order valence-corrected chi connectivity index (χ1v) is 6.71. The largest absolute Gasteiger partial charge is 0.366 e. The SMILES string of the molecule is Cc1nc(C(C)(C)C)nc(C)c1N1CCNCC1. The van der Waals surface area contributed by atoms with Gasteiger partial charge in [0.2, 0.25) is 0 Å². The summed E-state index contributed by atoms with van der Waals surface area (Å²) in [6.07, 6.45) is 0. The number of hydrogen-bond acceptors (Lipinski definition) is 4. The average molecular weight is 248 g/mol. The number of nitrogens with zero attached hydrogens (tertiary/aromatic N) is 3. The van der Waals surface area contributed by atoms with E-state index >= 15 is 0 Å². The minimum atomic E-state index is 0.0114. The van der Waals surface area contributed by atoms with E-state index in [-0.39, 0.29) is 5.41 Å². The van der Waals surface area contributed by atoms with Crippen LogP contribution in [0.1, 0.15) is 38.0 Å². The fourth-order valence-electron chi connectivity index (χ4n) is 2.39. The van der Waals surface area contributed by atoms with Crippen LogP contribution >= 0.6 is 0 Å². The molecule has 1 saturated heterocycles. The lowest BCUT2D eigenvalue weighted by Gasteiger charge is -2.32. The topological polar surface area (TPSA) is 41.1 Å². The lowest BCUT2D eigenvalue weighted by molar-refractivity contribution is 0.537. The van der Waals surface area contributed by atoms with Crippen molar-refractivity contribution in [2.75, 3.05) is 31.1 Å². The Hall–Kier alpha value is -1.16. The molecule has 0 aliphatic carbocycles. The second kappa shape index (κ2) is 4.84. The first kappa shape index (κ1) is 13.3. The summed E-state index contributed by atoms with van der Waals surface area (Å²) in [5, 5.41) is 3.38. The summed E-state index contributed by atoms with van der Waals surface area (Å²) in [6, 6.07) is 0. The van der Waals surface area contributed by atoms with Crippen molar-refractivity contribution in [3.63, 3.8) is 0 Å². The van der Waals surface area contributed by atoms with Gasteiger partial charge in [0.1, 0.15) is 5.82 Å². The summed E-state index contributed by atoms with van der Waals surface area (Å²) >= 11 is 0. The molecular formula is C14H24N4. The number of nitrogens with one attached hydrogen (secondary N) is 1. The van der Waals surface area contributed by atoms with E-state index in [4.69, 9.17) is 9.97 Å². The molecule has 2 rings (SSSR count). The highest BCUT2D eigenvalue weighted by Gasteiger charge is 2.22. The van der Waals surface area contributed by atoms with Crippen LogP contribution in [0.5, 0.6) is 0 Å². The Morgan fingerprint density at radius 1 is 1.00 bits per heavy atom. The maximum Gasteiger partial charge on any atom is 0.134 e. The Kier molecular flexibility index (Phi) is 3.57. The summed E-state index contributed by atoms with van der Waals surface area (Å²) in [5.74, 6) is 0.941. The second-order valence-electron chi connectivity index (χ2n) is 6.05. The minimum Gasteiger partial charge on any atom is -0.366 e. The van der Waals surface area contributed by atoms with Crippen LogP contribution in [0.3, 0.4) is 0 Å². The third-order valence-electron chi connectivity index (χ3n) is 3.34. The Morgan fingerprint density at radius 3 is 1.94 bits per heavy atom. The lowest BCUT2D eigenvalue weighted by atomic mass is 9.95. The molecule has 1 aliphatic rings. The zero-order chi connectivity index (χ0) is 13.3. The molecule has 4 heteroatoms. The van der Waals surface area contributed by atoms with Crippen molar-refractivity contribution >= 4 is 5.69 Å². The van der Waals surface area contributed by atoms with E-state index in [1.165, 1.54) is 5.69 Å². The minimum absolute atomic E-state index is 0.0114. The molecule has 100 valence electrons. The van der Waals surface area contributed by atoms with Crippen molar-refractivity contribution in [1.29, 1.82) is 0 Å². The highest BCUT2D eigenvalue weighted by atomic mass is 15.2. The van der Waals surface area contributed by atoms with Gasteiger partial charge in [-0.25, -0.2) is 9.97 Å². The van der Waals surface area contributed by atoms with Gasteiger partial charge < -0.3 is 10.2 Å². The van der Waals surface area contributed by atoms with Gasteiger partial charge in [-0.1, -0.05) is 20.8 Å². The van der Waals surface area contributed by atoms with E-state index in [1.807, 2.05) is 0 Å². The van der Waals surface area contributed by atoms with Gasteiger partial charge in [0.25, 0.3) is 0 Å². The van der Waals surface area contributed by atoms with Crippen LogP contribution in [0.4, 0.5) is 5.69 Å². The second-order valence-corrected chi connectivity index (χ2v) is 6.05. The fourth-order valence-corrected chi connectivity index (χ4v) is 2.39. The van der Waals surface area contributed by atoms with Gasteiger partial charge in [0.15, 0.2) is 0 Å². The molecule has 0 aromatic carbocycles. The molecular weight excluding hydrogens is 224 g/mol. The van der Waals surface area contributed by atoms with Gasteiger partial charge >= 0.3 is 0 Å². The average Bonchev–Trinajstić information content (AvgIpc) is 2.28. The van der Waals surface area contributed by atoms with Crippen molar-refractivity contribution < 1.29 is 0 Å². The summed E-state index contributed by atoms with van der Waals surface area (Å²) < 4.78 is 0. The van der Waals surface area contributed by atoms with Crippen molar-refractivity contribution in [2.24, 2.45) is 0 Å². The van der Waals surface area contributed by atoms with E-state index in [9.17, 15) is 0 Å². The highest BCUT2D eigenvalue weighted by Crippen LogP contribution is 2.26. The van der Waals surface area contributed by atoms with E-state index in [0.717, 1.165) is 43.4 Å². The number of piperazine rings is 1. The predicted octanol–water partition coefficient (Wildman–Crippen LogP) is 1.80. The number of aromatic nitrogens is 2. The maximum absolute atomic E-state index is 4.71. The van der Waals surface area contributed by atoms with Crippen LogP contribution in [0.15, 0.2) is 0 Å². The fraction of sp³-hybridized carbons (Fsp3) is 0.714. The van der Waals surface area contributed by atoms with Crippen LogP contribution in [0.2, 0.25) is 0 Å². The number of anilines is 1. The zero-order valence-corrected chi connectivity index (χ0v) is 12.2. The van der Waals surface area contributed by atoms with Gasteiger partial charge in [0.05, 0.1) is 17.1 Å². The predicted molar refractivity (Wildman–Crippen MR) is 75.3 cm³/mol. The normalized spacial score (nSPS) is 17.1. The van der Waals surface area contributed by atoms with E-state index in [2.05, 4.69) is 44.8 Å². The molecule has 18 heavy (non-hydrogen) atoms. The van der Waals surface area contributed by atoms with Crippen molar-refractivity contribution in [1.82, 2.24) is 15.3 Å². The van der Waals surface area contributed by atoms with Crippen molar-refractivity contribution in [3.8, 4) is 0 Å². The van der Waals surface area contributed by atoms with Gasteiger partial charge in [-0.3, -0.25) is 0 Å². The van der Waals surface area contributed by atoms with E-state index < -0.39 is 0 Å². The van der Waals surface area contributed by atoms with Crippen LogP contribution in [-0.4, -0.2) is 36.1 Å². The third kappa shape index (κ3) is 2.64. The van der Waals surface area contributed by atoms with Crippen LogP contribution < -0.4 is 10.2 Å². The first-order chi connectivity index (χ1) is 8.39. The lowest BCUT2D eigenvalue weighted by Crippen LogP contribution is -2.44. The third-order valence-corrected chi connectivity index (χ3v) is 3.34. The molecule has 1 aliphatic heterocycles. The molecule has 1 aromatic rings. The molecule has 0 atom stereocenters. The van der Waals surface area contributed by atoms with Gasteiger partial charge in [-0.2, -0.15) is 0 Å². The zero-order valence-electron chi connectivity index (χ0n) is 12.2. The molecule has 0 unspecified atom stereocenters. The Labute approximate surface area is 110 Å². The molecule has 1 aromatic heterocycles. The standard InChI is InChI=1S/C14H24N4/c1-10-12(18-8-6-15-7-9-18)11(2)17-13(16-10)14(3,4)5/h15H,6-9H2,1-5H3. The molecule has 1 N–H and O–H groups in total. The summed E-state index contributed by atoms with van der Waals surface area (Å²) in [7, 11) is 0. The highest BCUT2D eigenvalue weighted by molar-refractivity contribution is 5.54. The molecule has 2 heterocycles. The number of hydrogen-bond donors (Lipinski definition) is 1. The summed E-state index contributed by atoms with van der Waals surface area (Å²) in [5.41, 5.74) is 3.45. The summed E-state index contributed by atoms with van der Waals surface area (Å²) in [6.45, 7) is 14.8. The molecule has 0 saturated carbocycles. The van der Waals surface area contributed by atoms with Crippen molar-refractivity contribution in [2.45, 2.75) is 40.0 Å². The quantitative estimate of drug-likeness (QED) is 0.823. The smallest absolute Gasteiger partial charge is 0.134 e. The molecule has 0 radical (unpaired) electrons. The van der Waals surface area contributed by atoms with E-state index in [0.29, 0.717) is 0 Å². The monoisotopic (exact) mass is 248 g/mol. The Bertz CT molecular complexity index is 405. The molecule has 0 bridgehead atoms. The van der Waals surface area contributed by atoms with Crippen LogP contribution in [0.25, 0.3) is 0 Å². The summed E-state index contributed by atoms with van der Waals surface area (Å²) in [4.78, 5) is 11.8. The van der Waals surface area contributed by atoms with Crippen molar-refractivity contribution in [3.05, 3.63) is 17.2 Å². The molecule has 0 spiro atoms. The molecule has 0 amide bonds. The Balaban J connectivity index is 2.37. The van der Waals surface area contributed by atoms with Crippen LogP contribution in [0, 0.1) is 13.8 Å². The Morgan fingerprint density at radius 2 is 1.50 bits per heavy atom. The van der Waals surface area contributed by atoms with Gasteiger partial charge in [-0.05, 0) is 13.8 Å². The van der Waals surface area contributed by atoms with Gasteiger partial charge in [0, 0.05) is 31.6 Å². The first-order valence-electron chi connectivity index (χ1n) is 6.71. The van der Waals surface area contributed by atoms with Crippen LogP contribution in [-0.2, 0) is 5.41 Å². The maximum atomic E-state index is 4.71. The molecule has 4 nitrogen and oxygen atoms in total. The van der Waals surface area contributed by atoms with E-state index in [1.54, 1.807) is 0 Å². The molecule has 1 fully saturated rings. The van der Waals surface area contributed by atoms with Gasteiger partial charge in [-0.15, -0.1) is 0 Å².